The maximum atomic E-state index is 14.5. The Balaban J connectivity index is 1.55. The number of esters is 1. The molecule has 4 atom stereocenters. The maximum Gasteiger partial charge on any atom is 0.338 e. The zero-order valence-electron chi connectivity index (χ0n) is 20.0. The molecule has 1 aromatic carbocycles. The number of thiazole rings is 1. The fourth-order valence-corrected chi connectivity index (χ4v) is 6.25. The fraction of sp³-hybridized carbons (Fsp3) is 0.440. The van der Waals surface area contributed by atoms with Crippen molar-refractivity contribution in [1.29, 1.82) is 0 Å². The van der Waals surface area contributed by atoms with E-state index in [-0.39, 0.29) is 35.0 Å². The van der Waals surface area contributed by atoms with Crippen LogP contribution in [0.15, 0.2) is 46.0 Å². The maximum absolute atomic E-state index is 14.5. The second-order valence-corrected chi connectivity index (χ2v) is 10.6. The first-order valence-corrected chi connectivity index (χ1v) is 13.2. The molecular weight excluding hydrogens is 523 g/mol. The minimum absolute atomic E-state index is 0.0107. The molecule has 0 radical (unpaired) electrons. The summed E-state index contributed by atoms with van der Waals surface area (Å²) in [6.45, 7) is 1.29. The number of hydrogen-bond acceptors (Lipinski definition) is 9. The van der Waals surface area contributed by atoms with Gasteiger partial charge in [0.1, 0.15) is 11.9 Å². The van der Waals surface area contributed by atoms with Crippen molar-refractivity contribution in [3.05, 3.63) is 62.5 Å². The lowest BCUT2D eigenvalue weighted by atomic mass is 9.82. The molecule has 2 bridgehead atoms. The number of rotatable bonds is 7. The van der Waals surface area contributed by atoms with Crippen molar-refractivity contribution in [2.75, 3.05) is 26.9 Å². The monoisotopic (exact) mass is 548 g/mol. The summed E-state index contributed by atoms with van der Waals surface area (Å²) in [5.74, 6) is -1.50. The van der Waals surface area contributed by atoms with E-state index in [2.05, 4.69) is 15.2 Å². The molecule has 9 nitrogen and oxygen atoms in total. The van der Waals surface area contributed by atoms with Crippen LogP contribution in [0.5, 0.6) is 0 Å². The lowest BCUT2D eigenvalue weighted by Gasteiger charge is -2.49. The summed E-state index contributed by atoms with van der Waals surface area (Å²) < 4.78 is 25.4. The predicted octanol–water partition coefficient (Wildman–Crippen LogP) is 3.41. The number of methoxy groups -OCH3 is 1. The van der Waals surface area contributed by atoms with Crippen molar-refractivity contribution in [3.8, 4) is 0 Å². The zero-order valence-corrected chi connectivity index (χ0v) is 21.6. The highest BCUT2D eigenvalue weighted by atomic mass is 35.5. The fourth-order valence-electron chi connectivity index (χ4n) is 5.43. The summed E-state index contributed by atoms with van der Waals surface area (Å²) in [6.07, 6.45) is 3.13. The van der Waals surface area contributed by atoms with Crippen LogP contribution in [0.25, 0.3) is 0 Å². The molecule has 0 spiro atoms. The molecule has 4 heterocycles. The Hall–Kier alpha value is -2.86. The second kappa shape index (κ2) is 10.9. The van der Waals surface area contributed by atoms with Crippen LogP contribution >= 0.6 is 22.9 Å². The summed E-state index contributed by atoms with van der Waals surface area (Å²) in [7, 11) is 1.29. The van der Waals surface area contributed by atoms with Gasteiger partial charge in [-0.05, 0) is 24.8 Å². The highest BCUT2D eigenvalue weighted by Gasteiger charge is 2.42. The van der Waals surface area contributed by atoms with Gasteiger partial charge in [0.15, 0.2) is 10.8 Å². The largest absolute Gasteiger partial charge is 0.481 e. The van der Waals surface area contributed by atoms with Crippen LogP contribution < -0.4 is 5.32 Å². The molecule has 1 aromatic heterocycles. The molecule has 1 unspecified atom stereocenters. The number of aromatic nitrogens is 1. The Morgan fingerprint density at radius 1 is 1.32 bits per heavy atom. The highest BCUT2D eigenvalue weighted by molar-refractivity contribution is 7.11. The van der Waals surface area contributed by atoms with E-state index in [1.807, 2.05) is 5.38 Å². The number of ether oxygens (including phenoxy) is 2. The van der Waals surface area contributed by atoms with Crippen LogP contribution in [0.4, 0.5) is 4.39 Å². The van der Waals surface area contributed by atoms with Gasteiger partial charge >= 0.3 is 11.9 Å². The molecule has 3 aliphatic rings. The Bertz CT molecular complexity index is 1240. The van der Waals surface area contributed by atoms with Gasteiger partial charge in [-0.1, -0.05) is 23.7 Å². The second-order valence-electron chi connectivity index (χ2n) is 9.32. The van der Waals surface area contributed by atoms with Gasteiger partial charge in [-0.3, -0.25) is 14.7 Å². The number of hydrogen-bond donors (Lipinski definition) is 2. The van der Waals surface area contributed by atoms with E-state index in [9.17, 15) is 19.1 Å². The third kappa shape index (κ3) is 5.26. The van der Waals surface area contributed by atoms with E-state index in [0.29, 0.717) is 54.7 Å². The van der Waals surface area contributed by atoms with Crippen LogP contribution in [-0.4, -0.2) is 71.7 Å². The van der Waals surface area contributed by atoms with Crippen LogP contribution in [0, 0.1) is 11.7 Å². The van der Waals surface area contributed by atoms with E-state index < -0.39 is 23.8 Å². The summed E-state index contributed by atoms with van der Waals surface area (Å²) in [6, 6.07) is 3.49. The average Bonchev–Trinajstić information content (AvgIpc) is 3.40. The summed E-state index contributed by atoms with van der Waals surface area (Å²) in [4.78, 5) is 35.9. The smallest absolute Gasteiger partial charge is 0.338 e. The minimum atomic E-state index is -0.911. The van der Waals surface area contributed by atoms with Gasteiger partial charge in [-0.2, -0.15) is 0 Å². The zero-order chi connectivity index (χ0) is 26.1. The number of carbonyl (C=O) groups excluding carboxylic acids is 1. The van der Waals surface area contributed by atoms with E-state index in [1.54, 1.807) is 12.3 Å². The molecule has 2 fully saturated rings. The number of amidine groups is 1. The first-order valence-electron chi connectivity index (χ1n) is 11.9. The minimum Gasteiger partial charge on any atom is -0.481 e. The number of halogens is 2. The number of carboxylic acids is 1. The van der Waals surface area contributed by atoms with Crippen LogP contribution in [0.3, 0.4) is 0 Å². The number of nitrogens with zero attached hydrogens (tertiary/aromatic N) is 3. The molecule has 196 valence electrons. The Morgan fingerprint density at radius 2 is 2.08 bits per heavy atom. The third-order valence-electron chi connectivity index (χ3n) is 7.02. The number of aliphatic imine (C=N–C) groups is 1. The quantitative estimate of drug-likeness (QED) is 0.506. The topological polar surface area (TPSA) is 113 Å². The van der Waals surface area contributed by atoms with Crippen LogP contribution in [-0.2, 0) is 19.1 Å². The lowest BCUT2D eigenvalue weighted by molar-refractivity contribution is -0.141. The number of nitrogens with one attached hydrogen (secondary N) is 1. The van der Waals surface area contributed by atoms with Gasteiger partial charge < -0.3 is 19.9 Å². The molecule has 0 aliphatic carbocycles. The summed E-state index contributed by atoms with van der Waals surface area (Å²) in [5.41, 5.74) is 1.15. The van der Waals surface area contributed by atoms with Gasteiger partial charge in [-0.25, -0.2) is 14.2 Å². The molecule has 37 heavy (non-hydrogen) atoms. The highest BCUT2D eigenvalue weighted by Crippen LogP contribution is 2.39. The van der Waals surface area contributed by atoms with Crippen LogP contribution in [0.2, 0.25) is 5.02 Å². The van der Waals surface area contributed by atoms with Crippen molar-refractivity contribution >= 4 is 40.7 Å². The van der Waals surface area contributed by atoms with Crippen molar-refractivity contribution in [2.24, 2.45) is 10.9 Å². The first kappa shape index (κ1) is 25.8. The molecule has 0 amide bonds. The Labute approximate surface area is 221 Å². The van der Waals surface area contributed by atoms with Crippen molar-refractivity contribution in [1.82, 2.24) is 15.2 Å². The Morgan fingerprint density at radius 3 is 2.73 bits per heavy atom. The number of piperidine rings is 1. The molecule has 0 saturated carbocycles. The third-order valence-corrected chi connectivity index (χ3v) is 8.19. The number of morpholine rings is 1. The van der Waals surface area contributed by atoms with E-state index in [0.717, 1.165) is 0 Å². The van der Waals surface area contributed by atoms with Gasteiger partial charge in [0.2, 0.25) is 0 Å². The average molecular weight is 549 g/mol. The van der Waals surface area contributed by atoms with Gasteiger partial charge in [0.25, 0.3) is 0 Å². The van der Waals surface area contributed by atoms with Crippen molar-refractivity contribution in [2.45, 2.75) is 37.4 Å². The lowest BCUT2D eigenvalue weighted by Crippen LogP contribution is -2.58. The molecule has 12 heteroatoms. The normalized spacial score (nSPS) is 25.9. The standard InChI is InChI=1S/C25H26ClFN4O5S/c1-35-25(34)20-18(10-31-14-7-13(9-19(32)33)8-15(31)12-36-11-14)29-23(24-28-5-6-37-24)30-22(20)16-3-2-4-17(27)21(16)26/h2-6,13-15,22H,7-12H2,1H3,(H,29,30)(H,32,33)/t13?,14-,15+,22-/m0/s1. The molecular formula is C25H26ClFN4O5S. The van der Waals surface area contributed by atoms with E-state index in [4.69, 9.17) is 26.1 Å². The summed E-state index contributed by atoms with van der Waals surface area (Å²) in [5, 5.41) is 14.9. The molecule has 2 N–H and O–H groups in total. The molecule has 5 rings (SSSR count). The van der Waals surface area contributed by atoms with Gasteiger partial charge in [-0.15, -0.1) is 11.3 Å². The summed E-state index contributed by atoms with van der Waals surface area (Å²) >= 11 is 7.74. The molecule has 3 aliphatic heterocycles. The number of carboxylic acid groups (broad SMARTS) is 1. The number of fused-ring (bicyclic) bond motifs is 2. The first-order chi connectivity index (χ1) is 17.9. The van der Waals surface area contributed by atoms with E-state index in [1.165, 1.54) is 30.6 Å². The molecule has 2 aromatic rings. The van der Waals surface area contributed by atoms with Gasteiger partial charge in [0.05, 0.1) is 30.9 Å². The van der Waals surface area contributed by atoms with E-state index >= 15 is 0 Å². The predicted molar refractivity (Wildman–Crippen MR) is 135 cm³/mol. The van der Waals surface area contributed by atoms with Gasteiger partial charge in [0, 0.05) is 47.9 Å². The van der Waals surface area contributed by atoms with Crippen molar-refractivity contribution in [3.63, 3.8) is 0 Å². The number of carbonyl (C=O) groups is 2. The Kier molecular flexibility index (Phi) is 7.57. The van der Waals surface area contributed by atoms with Crippen LogP contribution in [0.1, 0.15) is 35.9 Å². The number of benzene rings is 1. The van der Waals surface area contributed by atoms with Crippen molar-refractivity contribution < 1.29 is 28.6 Å². The SMILES string of the molecule is COC(=O)C1=C(CN2[C@@H]3COC[C@H]2CC(CC(=O)O)C3)NC(c2nccs2)=N[C@H]1c1cccc(F)c1Cl. The molecule has 2 saturated heterocycles. The number of aliphatic carboxylic acids is 1.